The summed E-state index contributed by atoms with van der Waals surface area (Å²) in [7, 11) is -3.41. The highest BCUT2D eigenvalue weighted by Crippen LogP contribution is 2.35. The number of nitrogen functional groups attached to an aromatic ring is 1. The van der Waals surface area contributed by atoms with Gasteiger partial charge in [-0.15, -0.1) is 0 Å². The summed E-state index contributed by atoms with van der Waals surface area (Å²) in [6.07, 6.45) is 1.59. The van der Waals surface area contributed by atoms with Gasteiger partial charge in [0.25, 0.3) is 0 Å². The van der Waals surface area contributed by atoms with E-state index in [-0.39, 0.29) is 22.5 Å². The van der Waals surface area contributed by atoms with Crippen LogP contribution in [0.15, 0.2) is 28.0 Å². The molecule has 0 saturated carbocycles. The maximum absolute atomic E-state index is 12.1. The van der Waals surface area contributed by atoms with Crippen LogP contribution in [-0.4, -0.2) is 21.1 Å². The van der Waals surface area contributed by atoms with E-state index in [1.807, 2.05) is 13.8 Å². The third kappa shape index (κ3) is 2.08. The van der Waals surface area contributed by atoms with Gasteiger partial charge >= 0.3 is 0 Å². The van der Waals surface area contributed by atoms with Crippen LogP contribution in [0.25, 0.3) is 6.08 Å². The Hall–Kier alpha value is -1.33. The second-order valence-electron chi connectivity index (χ2n) is 4.23. The molecule has 0 unspecified atom stereocenters. The molecule has 0 spiro atoms. The summed E-state index contributed by atoms with van der Waals surface area (Å²) in [4.78, 5) is 0.555. The molecule has 17 heavy (non-hydrogen) atoms. The lowest BCUT2D eigenvalue weighted by Crippen LogP contribution is -2.10. The third-order valence-electron chi connectivity index (χ3n) is 2.60. The number of hydrogen-bond acceptors (Lipinski definition) is 4. The van der Waals surface area contributed by atoms with Crippen molar-refractivity contribution in [3.8, 4) is 0 Å². The zero-order valence-electron chi connectivity index (χ0n) is 9.80. The lowest BCUT2D eigenvalue weighted by atomic mass is 10.2. The van der Waals surface area contributed by atoms with E-state index >= 15 is 0 Å². The molecular formula is C12H15NO3S. The Morgan fingerprint density at radius 1 is 1.35 bits per heavy atom. The lowest BCUT2D eigenvalue weighted by Gasteiger charge is -2.08. The van der Waals surface area contributed by atoms with Crippen molar-refractivity contribution in [1.29, 1.82) is 0 Å². The van der Waals surface area contributed by atoms with E-state index in [4.69, 9.17) is 10.5 Å². The van der Waals surface area contributed by atoms with Crippen molar-refractivity contribution in [1.82, 2.24) is 0 Å². The molecule has 0 bridgehead atoms. The van der Waals surface area contributed by atoms with Crippen molar-refractivity contribution in [2.24, 2.45) is 0 Å². The van der Waals surface area contributed by atoms with Crippen LogP contribution in [0.5, 0.6) is 0 Å². The molecule has 0 atom stereocenters. The second kappa shape index (κ2) is 4.16. The Balaban J connectivity index is 2.40. The van der Waals surface area contributed by atoms with E-state index < -0.39 is 9.84 Å². The second-order valence-corrected chi connectivity index (χ2v) is 6.20. The Labute approximate surface area is 101 Å². The number of sulfone groups is 1. The van der Waals surface area contributed by atoms with Gasteiger partial charge in [0.1, 0.15) is 0 Å². The standard InChI is InChI=1S/C12H15NO3S/c1-8(2)16-7-9-6-10-11(13)4-3-5-12(10)17(9,14)15/h3-6,8H,7,13H2,1-2H3. The summed E-state index contributed by atoms with van der Waals surface area (Å²) in [5.74, 6) is 0. The van der Waals surface area contributed by atoms with Gasteiger partial charge in [0.05, 0.1) is 22.5 Å². The summed E-state index contributed by atoms with van der Waals surface area (Å²) in [5, 5.41) is 0. The Kier molecular flexibility index (Phi) is 2.97. The lowest BCUT2D eigenvalue weighted by molar-refractivity contribution is 0.101. The van der Waals surface area contributed by atoms with Gasteiger partial charge in [-0.1, -0.05) is 6.07 Å². The molecule has 0 saturated heterocycles. The van der Waals surface area contributed by atoms with Crippen LogP contribution in [0, 0.1) is 0 Å². The number of fused-ring (bicyclic) bond motifs is 1. The van der Waals surface area contributed by atoms with Gasteiger partial charge in [-0.2, -0.15) is 0 Å². The molecule has 0 amide bonds. The average molecular weight is 253 g/mol. The van der Waals surface area contributed by atoms with Crippen LogP contribution >= 0.6 is 0 Å². The predicted octanol–water partition coefficient (Wildman–Crippen LogP) is 1.82. The van der Waals surface area contributed by atoms with Gasteiger partial charge in [-0.25, -0.2) is 8.42 Å². The van der Waals surface area contributed by atoms with E-state index in [0.29, 0.717) is 11.3 Å². The number of nitrogens with two attached hydrogens (primary N) is 1. The molecule has 1 aliphatic heterocycles. The monoisotopic (exact) mass is 253 g/mol. The van der Waals surface area contributed by atoms with Crippen LogP contribution in [0.4, 0.5) is 5.69 Å². The molecule has 92 valence electrons. The summed E-state index contributed by atoms with van der Waals surface area (Å²) < 4.78 is 29.6. The maximum Gasteiger partial charge on any atom is 0.205 e. The first-order valence-electron chi connectivity index (χ1n) is 5.38. The summed E-state index contributed by atoms with van der Waals surface area (Å²) in [5.41, 5.74) is 6.82. The minimum absolute atomic E-state index is 0.00726. The van der Waals surface area contributed by atoms with E-state index in [9.17, 15) is 8.42 Å². The average Bonchev–Trinajstić information content (AvgIpc) is 2.50. The molecule has 1 aromatic rings. The van der Waals surface area contributed by atoms with E-state index in [0.717, 1.165) is 0 Å². The fourth-order valence-electron chi connectivity index (χ4n) is 1.70. The van der Waals surface area contributed by atoms with E-state index in [2.05, 4.69) is 0 Å². The molecule has 0 radical (unpaired) electrons. The highest BCUT2D eigenvalue weighted by atomic mass is 32.2. The number of ether oxygens (including phenoxy) is 1. The van der Waals surface area contributed by atoms with Crippen molar-refractivity contribution < 1.29 is 13.2 Å². The number of rotatable bonds is 3. The SMILES string of the molecule is CC(C)OCC1=Cc2c(N)cccc2S1(=O)=O. The van der Waals surface area contributed by atoms with Gasteiger partial charge in [0, 0.05) is 11.3 Å². The quantitative estimate of drug-likeness (QED) is 0.834. The highest BCUT2D eigenvalue weighted by molar-refractivity contribution is 7.95. The fraction of sp³-hybridized carbons (Fsp3) is 0.333. The first-order valence-corrected chi connectivity index (χ1v) is 6.87. The van der Waals surface area contributed by atoms with Crippen molar-refractivity contribution in [2.75, 3.05) is 12.3 Å². The number of benzene rings is 1. The fourth-order valence-corrected chi connectivity index (χ4v) is 3.20. The Bertz CT molecular complexity index is 573. The molecule has 2 N–H and O–H groups in total. The van der Waals surface area contributed by atoms with E-state index in [1.54, 1.807) is 24.3 Å². The molecule has 0 fully saturated rings. The van der Waals surface area contributed by atoms with Crippen LogP contribution in [0.3, 0.4) is 0 Å². The normalized spacial score (nSPS) is 17.0. The van der Waals surface area contributed by atoms with Crippen LogP contribution in [0.2, 0.25) is 0 Å². The van der Waals surface area contributed by atoms with Crippen LogP contribution < -0.4 is 5.73 Å². The van der Waals surface area contributed by atoms with E-state index in [1.165, 1.54) is 0 Å². The number of hydrogen-bond donors (Lipinski definition) is 1. The Morgan fingerprint density at radius 2 is 2.06 bits per heavy atom. The van der Waals surface area contributed by atoms with Gasteiger partial charge < -0.3 is 10.5 Å². The molecule has 5 heteroatoms. The molecular weight excluding hydrogens is 238 g/mol. The minimum atomic E-state index is -3.41. The zero-order chi connectivity index (χ0) is 12.6. The molecule has 1 aromatic carbocycles. The zero-order valence-corrected chi connectivity index (χ0v) is 10.6. The molecule has 2 rings (SSSR count). The largest absolute Gasteiger partial charge is 0.398 e. The number of anilines is 1. The molecule has 0 aliphatic carbocycles. The molecule has 1 aliphatic rings. The van der Waals surface area contributed by atoms with Crippen LogP contribution in [-0.2, 0) is 14.6 Å². The first-order chi connectivity index (χ1) is 7.93. The Morgan fingerprint density at radius 3 is 2.65 bits per heavy atom. The molecule has 0 aromatic heterocycles. The van der Waals surface area contributed by atoms with Crippen molar-refractivity contribution >= 4 is 21.6 Å². The third-order valence-corrected chi connectivity index (χ3v) is 4.46. The topological polar surface area (TPSA) is 69.4 Å². The molecule has 1 heterocycles. The van der Waals surface area contributed by atoms with Crippen molar-refractivity contribution in [2.45, 2.75) is 24.8 Å². The maximum atomic E-state index is 12.1. The minimum Gasteiger partial charge on any atom is -0.398 e. The van der Waals surface area contributed by atoms with Crippen LogP contribution in [0.1, 0.15) is 19.4 Å². The van der Waals surface area contributed by atoms with Crippen molar-refractivity contribution in [3.05, 3.63) is 28.7 Å². The summed E-state index contributed by atoms with van der Waals surface area (Å²) in [6, 6.07) is 4.91. The summed E-state index contributed by atoms with van der Waals surface area (Å²) in [6.45, 7) is 3.82. The summed E-state index contributed by atoms with van der Waals surface area (Å²) >= 11 is 0. The highest BCUT2D eigenvalue weighted by Gasteiger charge is 2.30. The predicted molar refractivity (Wildman–Crippen MR) is 67.1 cm³/mol. The van der Waals surface area contributed by atoms with Gasteiger partial charge in [-0.3, -0.25) is 0 Å². The molecule has 4 nitrogen and oxygen atoms in total. The van der Waals surface area contributed by atoms with Gasteiger partial charge in [-0.05, 0) is 32.1 Å². The van der Waals surface area contributed by atoms with Gasteiger partial charge in [0.15, 0.2) is 0 Å². The van der Waals surface area contributed by atoms with Crippen molar-refractivity contribution in [3.63, 3.8) is 0 Å². The first kappa shape index (κ1) is 12.1. The van der Waals surface area contributed by atoms with Gasteiger partial charge in [0.2, 0.25) is 9.84 Å². The smallest absolute Gasteiger partial charge is 0.205 e.